The number of carboxylic acids is 1. The fraction of sp³-hybridized carbons (Fsp3) is 0.333. The molecule has 0 fully saturated rings. The topological polar surface area (TPSA) is 117 Å². The van der Waals surface area contributed by atoms with Gasteiger partial charge in [0.15, 0.2) is 11.7 Å². The Bertz CT molecular complexity index is 679. The van der Waals surface area contributed by atoms with Gasteiger partial charge >= 0.3 is 5.97 Å². The van der Waals surface area contributed by atoms with Crippen LogP contribution in [0.2, 0.25) is 0 Å². The molecule has 1 atom stereocenters. The van der Waals surface area contributed by atoms with Crippen LogP contribution in [0.1, 0.15) is 21.7 Å². The third kappa shape index (κ3) is 2.45. The average Bonchev–Trinajstić information content (AvgIpc) is 2.77. The van der Waals surface area contributed by atoms with Crippen molar-refractivity contribution in [1.29, 1.82) is 0 Å². The van der Waals surface area contributed by atoms with Crippen molar-refractivity contribution in [3.8, 4) is 0 Å². The molecule has 0 aliphatic rings. The fourth-order valence-electron chi connectivity index (χ4n) is 1.81. The number of nitrogens with one attached hydrogen (secondary N) is 1. The molecule has 20 heavy (non-hydrogen) atoms. The van der Waals surface area contributed by atoms with Gasteiger partial charge in [0, 0.05) is 12.3 Å². The molecule has 1 amide bonds. The Morgan fingerprint density at radius 2 is 2.15 bits per heavy atom. The smallest absolute Gasteiger partial charge is 0.328 e. The molecule has 2 aromatic rings. The van der Waals surface area contributed by atoms with Crippen LogP contribution in [-0.2, 0) is 4.79 Å². The number of hydrogen-bond donors (Lipinski definition) is 3. The first-order valence-electron chi connectivity index (χ1n) is 5.90. The number of carbonyl (C=O) groups excluding carboxylic acids is 1. The molecule has 2 heterocycles. The van der Waals surface area contributed by atoms with Gasteiger partial charge in [-0.05, 0) is 13.8 Å². The van der Waals surface area contributed by atoms with Crippen LogP contribution in [0.15, 0.2) is 12.3 Å². The van der Waals surface area contributed by atoms with Gasteiger partial charge in [-0.1, -0.05) is 0 Å². The number of hydrogen-bond acceptors (Lipinski definition) is 5. The SMILES string of the molecule is Cc1cc2ncc(C(=O)NC(CO)C(=O)O)c(C)n2n1. The first kappa shape index (κ1) is 13.9. The number of fused-ring (bicyclic) bond motifs is 1. The number of aliphatic carboxylic acids is 1. The molecule has 0 aliphatic heterocycles. The van der Waals surface area contributed by atoms with Crippen molar-refractivity contribution in [2.24, 2.45) is 0 Å². The van der Waals surface area contributed by atoms with Crippen LogP contribution in [0.4, 0.5) is 0 Å². The summed E-state index contributed by atoms with van der Waals surface area (Å²) in [7, 11) is 0. The van der Waals surface area contributed by atoms with Gasteiger partial charge in [-0.3, -0.25) is 4.79 Å². The second-order valence-corrected chi connectivity index (χ2v) is 4.36. The summed E-state index contributed by atoms with van der Waals surface area (Å²) in [6.07, 6.45) is 1.36. The third-order valence-corrected chi connectivity index (χ3v) is 2.88. The lowest BCUT2D eigenvalue weighted by Crippen LogP contribution is -2.43. The van der Waals surface area contributed by atoms with E-state index in [1.54, 1.807) is 19.9 Å². The molecule has 106 valence electrons. The molecule has 0 aliphatic carbocycles. The number of rotatable bonds is 4. The minimum Gasteiger partial charge on any atom is -0.480 e. The highest BCUT2D eigenvalue weighted by Crippen LogP contribution is 2.11. The summed E-state index contributed by atoms with van der Waals surface area (Å²) >= 11 is 0. The van der Waals surface area contributed by atoms with Crippen molar-refractivity contribution in [2.75, 3.05) is 6.61 Å². The van der Waals surface area contributed by atoms with Crippen molar-refractivity contribution in [3.05, 3.63) is 29.2 Å². The highest BCUT2D eigenvalue weighted by molar-refractivity contribution is 5.97. The lowest BCUT2D eigenvalue weighted by atomic mass is 10.2. The van der Waals surface area contributed by atoms with Crippen LogP contribution in [0.3, 0.4) is 0 Å². The first-order valence-corrected chi connectivity index (χ1v) is 5.90. The monoisotopic (exact) mass is 278 g/mol. The predicted molar refractivity (Wildman–Crippen MR) is 68.4 cm³/mol. The standard InChI is InChI=1S/C12H14N4O4/c1-6-3-10-13-4-8(7(2)16(10)15-6)11(18)14-9(5-17)12(19)20/h3-4,9,17H,5H2,1-2H3,(H,14,18)(H,19,20). The van der Waals surface area contributed by atoms with E-state index in [2.05, 4.69) is 15.4 Å². The lowest BCUT2D eigenvalue weighted by Gasteiger charge is -2.13. The molecule has 0 spiro atoms. The summed E-state index contributed by atoms with van der Waals surface area (Å²) in [5, 5.41) is 24.1. The number of carboxylic acid groups (broad SMARTS) is 1. The van der Waals surface area contributed by atoms with Crippen LogP contribution < -0.4 is 5.32 Å². The van der Waals surface area contributed by atoms with Gasteiger partial charge in [0.2, 0.25) is 0 Å². The van der Waals surface area contributed by atoms with Crippen LogP contribution in [0.5, 0.6) is 0 Å². The average molecular weight is 278 g/mol. The predicted octanol–water partition coefficient (Wildman–Crippen LogP) is -0.479. The zero-order valence-corrected chi connectivity index (χ0v) is 11.0. The normalized spacial score (nSPS) is 12.3. The molecule has 0 radical (unpaired) electrons. The van der Waals surface area contributed by atoms with Crippen molar-refractivity contribution in [2.45, 2.75) is 19.9 Å². The number of aromatic nitrogens is 3. The highest BCUT2D eigenvalue weighted by atomic mass is 16.4. The van der Waals surface area contributed by atoms with Gasteiger partial charge < -0.3 is 15.5 Å². The highest BCUT2D eigenvalue weighted by Gasteiger charge is 2.21. The van der Waals surface area contributed by atoms with Gasteiger partial charge in [-0.25, -0.2) is 14.3 Å². The summed E-state index contributed by atoms with van der Waals surface area (Å²) in [4.78, 5) is 26.9. The van der Waals surface area contributed by atoms with E-state index in [0.29, 0.717) is 11.3 Å². The van der Waals surface area contributed by atoms with E-state index in [1.807, 2.05) is 0 Å². The quantitative estimate of drug-likeness (QED) is 0.695. The third-order valence-electron chi connectivity index (χ3n) is 2.88. The van der Waals surface area contributed by atoms with E-state index in [1.165, 1.54) is 10.7 Å². The molecular weight excluding hydrogens is 264 g/mol. The summed E-state index contributed by atoms with van der Waals surface area (Å²) in [5.74, 6) is -1.92. The molecule has 3 N–H and O–H groups in total. The molecule has 8 nitrogen and oxygen atoms in total. The molecule has 0 saturated heterocycles. The van der Waals surface area contributed by atoms with Crippen LogP contribution in [0, 0.1) is 13.8 Å². The van der Waals surface area contributed by atoms with Gasteiger partial charge in [0.1, 0.15) is 0 Å². The van der Waals surface area contributed by atoms with Gasteiger partial charge in [0.25, 0.3) is 5.91 Å². The Labute approximate surface area is 114 Å². The molecule has 2 aromatic heterocycles. The number of aliphatic hydroxyl groups is 1. The first-order chi connectivity index (χ1) is 9.43. The molecule has 0 saturated carbocycles. The molecular formula is C12H14N4O4. The number of amides is 1. The van der Waals surface area contributed by atoms with Crippen molar-refractivity contribution in [3.63, 3.8) is 0 Å². The van der Waals surface area contributed by atoms with Gasteiger partial charge in [0.05, 0.1) is 23.6 Å². The zero-order valence-electron chi connectivity index (χ0n) is 11.0. The van der Waals surface area contributed by atoms with Crippen molar-refractivity contribution >= 4 is 17.5 Å². The molecule has 0 aromatic carbocycles. The maximum absolute atomic E-state index is 12.0. The summed E-state index contributed by atoms with van der Waals surface area (Å²) in [6.45, 7) is 2.81. The van der Waals surface area contributed by atoms with E-state index >= 15 is 0 Å². The fourth-order valence-corrected chi connectivity index (χ4v) is 1.81. The summed E-state index contributed by atoms with van der Waals surface area (Å²) in [5.41, 5.74) is 2.12. The largest absolute Gasteiger partial charge is 0.480 e. The number of carbonyl (C=O) groups is 2. The number of nitrogens with zero attached hydrogens (tertiary/aromatic N) is 3. The number of aryl methyl sites for hydroxylation is 2. The van der Waals surface area contributed by atoms with Crippen molar-refractivity contribution in [1.82, 2.24) is 19.9 Å². The van der Waals surface area contributed by atoms with Crippen molar-refractivity contribution < 1.29 is 19.8 Å². The summed E-state index contributed by atoms with van der Waals surface area (Å²) < 4.78 is 1.51. The van der Waals surface area contributed by atoms with E-state index in [4.69, 9.17) is 10.2 Å². The molecule has 2 rings (SSSR count). The van der Waals surface area contributed by atoms with Crippen LogP contribution >= 0.6 is 0 Å². The van der Waals surface area contributed by atoms with E-state index in [0.717, 1.165) is 5.69 Å². The Kier molecular flexibility index (Phi) is 3.66. The van der Waals surface area contributed by atoms with Gasteiger partial charge in [-0.15, -0.1) is 0 Å². The Morgan fingerprint density at radius 1 is 1.45 bits per heavy atom. The molecule has 1 unspecified atom stereocenters. The van der Waals surface area contributed by atoms with Crippen LogP contribution in [0.25, 0.3) is 5.65 Å². The number of aliphatic hydroxyl groups excluding tert-OH is 1. The molecule has 8 heteroatoms. The molecule has 0 bridgehead atoms. The Hall–Kier alpha value is -2.48. The van der Waals surface area contributed by atoms with E-state index in [9.17, 15) is 9.59 Å². The lowest BCUT2D eigenvalue weighted by molar-refractivity contribution is -0.140. The van der Waals surface area contributed by atoms with Gasteiger partial charge in [-0.2, -0.15) is 5.10 Å². The minimum absolute atomic E-state index is 0.209. The maximum Gasteiger partial charge on any atom is 0.328 e. The maximum atomic E-state index is 12.0. The van der Waals surface area contributed by atoms with E-state index < -0.39 is 24.5 Å². The second-order valence-electron chi connectivity index (χ2n) is 4.36. The van der Waals surface area contributed by atoms with Crippen LogP contribution in [-0.4, -0.2) is 49.3 Å². The van der Waals surface area contributed by atoms with E-state index in [-0.39, 0.29) is 5.56 Å². The Balaban J connectivity index is 2.35. The minimum atomic E-state index is -1.35. The summed E-state index contributed by atoms with van der Waals surface area (Å²) in [6, 6.07) is 0.416. The second kappa shape index (κ2) is 5.25. The Morgan fingerprint density at radius 3 is 2.75 bits per heavy atom. The zero-order chi connectivity index (χ0) is 14.9.